The smallest absolute Gasteiger partial charge is 0.181 e. The summed E-state index contributed by atoms with van der Waals surface area (Å²) in [5.41, 5.74) is 4.18. The van der Waals surface area contributed by atoms with Crippen LogP contribution in [0.5, 0.6) is 0 Å². The Morgan fingerprint density at radius 1 is 0.929 bits per heavy atom. The highest BCUT2D eigenvalue weighted by molar-refractivity contribution is 7.92. The number of aromatic nitrogens is 2. The van der Waals surface area contributed by atoms with Crippen molar-refractivity contribution in [3.63, 3.8) is 0 Å². The monoisotopic (exact) mass is 393 g/mol. The minimum atomic E-state index is -3.30. The minimum Gasteiger partial charge on any atom is -0.371 e. The molecule has 1 aliphatic rings. The highest BCUT2D eigenvalue weighted by atomic mass is 32.2. The zero-order valence-electron chi connectivity index (χ0n) is 15.8. The number of hydrogen-bond acceptors (Lipinski definition) is 5. The van der Waals surface area contributed by atoms with Crippen molar-refractivity contribution in [3.05, 3.63) is 72.8 Å². The number of piperidine rings is 1. The van der Waals surface area contributed by atoms with Crippen molar-refractivity contribution in [2.75, 3.05) is 18.0 Å². The predicted octanol–water partition coefficient (Wildman–Crippen LogP) is 3.89. The number of nitrogens with zero attached hydrogens (tertiary/aromatic N) is 3. The van der Waals surface area contributed by atoms with E-state index >= 15 is 0 Å². The first-order chi connectivity index (χ1) is 13.6. The van der Waals surface area contributed by atoms with Crippen molar-refractivity contribution in [2.24, 2.45) is 0 Å². The molecule has 0 unspecified atom stereocenters. The van der Waals surface area contributed by atoms with Crippen LogP contribution in [0.25, 0.3) is 11.1 Å². The van der Waals surface area contributed by atoms with Gasteiger partial charge in [-0.25, -0.2) is 8.42 Å². The molecule has 0 amide bonds. The third kappa shape index (κ3) is 3.64. The SMILES string of the molecule is Cc1ccc(S(=O)(=O)C2CCN(c3ccncc3-c3cccnc3)CC2)cc1. The largest absolute Gasteiger partial charge is 0.371 e. The van der Waals surface area contributed by atoms with E-state index in [1.807, 2.05) is 49.6 Å². The summed E-state index contributed by atoms with van der Waals surface area (Å²) in [6.45, 7) is 3.36. The summed E-state index contributed by atoms with van der Waals surface area (Å²) in [4.78, 5) is 11.2. The summed E-state index contributed by atoms with van der Waals surface area (Å²) in [7, 11) is -3.30. The van der Waals surface area contributed by atoms with Crippen molar-refractivity contribution in [2.45, 2.75) is 29.9 Å². The van der Waals surface area contributed by atoms with Gasteiger partial charge in [-0.3, -0.25) is 9.97 Å². The van der Waals surface area contributed by atoms with Gasteiger partial charge in [0.05, 0.1) is 10.1 Å². The maximum Gasteiger partial charge on any atom is 0.181 e. The molecule has 0 atom stereocenters. The summed E-state index contributed by atoms with van der Waals surface area (Å²) in [6.07, 6.45) is 8.44. The van der Waals surface area contributed by atoms with Crippen LogP contribution in [0.4, 0.5) is 5.69 Å². The van der Waals surface area contributed by atoms with E-state index in [0.717, 1.165) is 22.4 Å². The summed E-state index contributed by atoms with van der Waals surface area (Å²) in [6, 6.07) is 13.1. The molecule has 1 aromatic carbocycles. The molecule has 0 N–H and O–H groups in total. The molecule has 3 heterocycles. The molecule has 1 aliphatic heterocycles. The molecule has 0 spiro atoms. The molecular weight excluding hydrogens is 370 g/mol. The fraction of sp³-hybridized carbons (Fsp3) is 0.273. The Morgan fingerprint density at radius 3 is 2.32 bits per heavy atom. The van der Waals surface area contributed by atoms with E-state index in [2.05, 4.69) is 14.9 Å². The van der Waals surface area contributed by atoms with E-state index in [4.69, 9.17) is 0 Å². The van der Waals surface area contributed by atoms with Gasteiger partial charge < -0.3 is 4.90 Å². The summed E-state index contributed by atoms with van der Waals surface area (Å²) < 4.78 is 26.0. The highest BCUT2D eigenvalue weighted by Gasteiger charge is 2.31. The van der Waals surface area contributed by atoms with Crippen LogP contribution in [0.1, 0.15) is 18.4 Å². The number of rotatable bonds is 4. The molecule has 0 bridgehead atoms. The Labute approximate surface area is 166 Å². The van der Waals surface area contributed by atoms with Crippen LogP contribution < -0.4 is 4.90 Å². The van der Waals surface area contributed by atoms with Crippen molar-refractivity contribution in [1.29, 1.82) is 0 Å². The second kappa shape index (κ2) is 7.72. The molecule has 4 rings (SSSR count). The third-order valence-electron chi connectivity index (χ3n) is 5.34. The van der Waals surface area contributed by atoms with Gasteiger partial charge in [0, 0.05) is 54.7 Å². The fourth-order valence-electron chi connectivity index (χ4n) is 3.73. The Hall–Kier alpha value is -2.73. The van der Waals surface area contributed by atoms with Crippen molar-refractivity contribution in [1.82, 2.24) is 9.97 Å². The van der Waals surface area contributed by atoms with Crippen LogP contribution in [0.2, 0.25) is 0 Å². The first-order valence-corrected chi connectivity index (χ1v) is 11.0. The molecule has 6 heteroatoms. The van der Waals surface area contributed by atoms with E-state index in [1.54, 1.807) is 24.5 Å². The van der Waals surface area contributed by atoms with Gasteiger partial charge in [-0.05, 0) is 44.0 Å². The predicted molar refractivity (Wildman–Crippen MR) is 111 cm³/mol. The zero-order chi connectivity index (χ0) is 19.6. The lowest BCUT2D eigenvalue weighted by Gasteiger charge is -2.34. The van der Waals surface area contributed by atoms with Crippen molar-refractivity contribution in [3.8, 4) is 11.1 Å². The average molecular weight is 394 g/mol. The lowest BCUT2D eigenvalue weighted by atomic mass is 10.0. The molecule has 3 aromatic rings. The average Bonchev–Trinajstić information content (AvgIpc) is 2.75. The molecule has 1 saturated heterocycles. The maximum absolute atomic E-state index is 13.0. The summed E-state index contributed by atoms with van der Waals surface area (Å²) in [5.74, 6) is 0. The zero-order valence-corrected chi connectivity index (χ0v) is 16.6. The van der Waals surface area contributed by atoms with E-state index in [0.29, 0.717) is 30.8 Å². The molecular formula is C22H23N3O2S. The van der Waals surface area contributed by atoms with Crippen LogP contribution in [-0.4, -0.2) is 36.7 Å². The number of aryl methyl sites for hydroxylation is 1. The van der Waals surface area contributed by atoms with Gasteiger partial charge in [-0.2, -0.15) is 0 Å². The molecule has 144 valence electrons. The lowest BCUT2D eigenvalue weighted by molar-refractivity contribution is 0.530. The van der Waals surface area contributed by atoms with Gasteiger partial charge in [0.1, 0.15) is 0 Å². The molecule has 28 heavy (non-hydrogen) atoms. The summed E-state index contributed by atoms with van der Waals surface area (Å²) >= 11 is 0. The van der Waals surface area contributed by atoms with E-state index in [9.17, 15) is 8.42 Å². The van der Waals surface area contributed by atoms with Gasteiger partial charge in [0.15, 0.2) is 9.84 Å². The maximum atomic E-state index is 13.0. The van der Waals surface area contributed by atoms with Crippen LogP contribution in [0, 0.1) is 6.92 Å². The molecule has 0 aliphatic carbocycles. The molecule has 2 aromatic heterocycles. The quantitative estimate of drug-likeness (QED) is 0.673. The van der Waals surface area contributed by atoms with Gasteiger partial charge in [-0.1, -0.05) is 23.8 Å². The Balaban J connectivity index is 1.53. The fourth-order valence-corrected chi connectivity index (χ4v) is 5.47. The Bertz CT molecular complexity index is 1040. The number of pyridine rings is 2. The molecule has 0 saturated carbocycles. The Morgan fingerprint density at radius 2 is 1.64 bits per heavy atom. The van der Waals surface area contributed by atoms with Crippen molar-refractivity contribution < 1.29 is 8.42 Å². The summed E-state index contributed by atoms with van der Waals surface area (Å²) in [5, 5.41) is -0.338. The number of hydrogen-bond donors (Lipinski definition) is 0. The third-order valence-corrected chi connectivity index (χ3v) is 7.62. The van der Waals surface area contributed by atoms with E-state index in [1.165, 1.54) is 0 Å². The number of sulfone groups is 1. The molecule has 1 fully saturated rings. The molecule has 0 radical (unpaired) electrons. The topological polar surface area (TPSA) is 63.2 Å². The number of anilines is 1. The van der Waals surface area contributed by atoms with Crippen LogP contribution in [0.3, 0.4) is 0 Å². The van der Waals surface area contributed by atoms with E-state index < -0.39 is 9.84 Å². The van der Waals surface area contributed by atoms with Crippen LogP contribution in [0.15, 0.2) is 72.1 Å². The minimum absolute atomic E-state index is 0.338. The first-order valence-electron chi connectivity index (χ1n) is 9.45. The van der Waals surface area contributed by atoms with Gasteiger partial charge in [0.2, 0.25) is 0 Å². The van der Waals surface area contributed by atoms with Crippen LogP contribution in [-0.2, 0) is 9.84 Å². The molecule has 5 nitrogen and oxygen atoms in total. The highest BCUT2D eigenvalue weighted by Crippen LogP contribution is 2.33. The van der Waals surface area contributed by atoms with Gasteiger partial charge >= 0.3 is 0 Å². The van der Waals surface area contributed by atoms with Crippen molar-refractivity contribution >= 4 is 15.5 Å². The first kappa shape index (κ1) is 18.6. The van der Waals surface area contributed by atoms with E-state index in [-0.39, 0.29) is 5.25 Å². The van der Waals surface area contributed by atoms with Crippen LogP contribution >= 0.6 is 0 Å². The lowest BCUT2D eigenvalue weighted by Crippen LogP contribution is -2.39. The number of benzene rings is 1. The Kier molecular flexibility index (Phi) is 5.13. The second-order valence-electron chi connectivity index (χ2n) is 7.18. The second-order valence-corrected chi connectivity index (χ2v) is 9.41. The normalized spacial score (nSPS) is 15.5. The van der Waals surface area contributed by atoms with Gasteiger partial charge in [-0.15, -0.1) is 0 Å². The van der Waals surface area contributed by atoms with Gasteiger partial charge in [0.25, 0.3) is 0 Å². The standard InChI is InChI=1S/C22H23N3O2S/c1-17-4-6-19(7-5-17)28(26,27)20-9-13-25(14-10-20)22-8-12-24-16-21(22)18-3-2-11-23-15-18/h2-8,11-12,15-16,20H,9-10,13-14H2,1H3.